The number of anilines is 3. The van der Waals surface area contributed by atoms with Crippen molar-refractivity contribution in [3.8, 4) is 22.4 Å². The van der Waals surface area contributed by atoms with Crippen molar-refractivity contribution in [2.24, 2.45) is 10.7 Å². The van der Waals surface area contributed by atoms with Gasteiger partial charge in [0.1, 0.15) is 5.66 Å². The van der Waals surface area contributed by atoms with E-state index in [9.17, 15) is 4.79 Å². The summed E-state index contributed by atoms with van der Waals surface area (Å²) in [6, 6.07) is 35.8. The molecule has 7 N–H and O–H groups in total. The van der Waals surface area contributed by atoms with Crippen LogP contribution >= 0.6 is 0 Å². The van der Waals surface area contributed by atoms with Crippen LogP contribution < -0.4 is 32.5 Å². The number of hydrogen-bond donors (Lipinski definition) is 5. The van der Waals surface area contributed by atoms with E-state index in [2.05, 4.69) is 31.2 Å². The van der Waals surface area contributed by atoms with Crippen molar-refractivity contribution in [2.45, 2.75) is 12.6 Å². The maximum absolute atomic E-state index is 13.3. The Labute approximate surface area is 243 Å². The van der Waals surface area contributed by atoms with Gasteiger partial charge in [-0.3, -0.25) is 0 Å². The second-order valence-electron chi connectivity index (χ2n) is 9.95. The number of carbonyl (C=O) groups excluding carboxylic acids is 1. The van der Waals surface area contributed by atoms with E-state index in [0.717, 1.165) is 27.9 Å². The summed E-state index contributed by atoms with van der Waals surface area (Å²) in [6.45, 7) is 1.90. The van der Waals surface area contributed by atoms with Gasteiger partial charge in [0, 0.05) is 28.1 Å². The molecule has 6 rings (SSSR count). The van der Waals surface area contributed by atoms with Crippen LogP contribution in [0.5, 0.6) is 0 Å². The quantitative estimate of drug-likeness (QED) is 0.108. The number of amides is 2. The summed E-state index contributed by atoms with van der Waals surface area (Å²) in [5.74, 6) is 0.520. The van der Waals surface area contributed by atoms with E-state index in [-0.39, 0.29) is 12.0 Å². The fourth-order valence-corrected chi connectivity index (χ4v) is 4.86. The number of nitrogen functional groups attached to an aromatic ring is 1. The van der Waals surface area contributed by atoms with Gasteiger partial charge < -0.3 is 22.1 Å². The molecular formula is C32H29N9O. The van der Waals surface area contributed by atoms with Gasteiger partial charge in [0.15, 0.2) is 11.8 Å². The number of para-hydroxylation sites is 2. The molecule has 1 aliphatic heterocycles. The molecule has 4 aromatic carbocycles. The third kappa shape index (κ3) is 5.34. The Morgan fingerprint density at radius 1 is 0.833 bits per heavy atom. The highest BCUT2D eigenvalue weighted by Gasteiger charge is 2.41. The normalized spacial score (nSPS) is 16.7. The van der Waals surface area contributed by atoms with Crippen LogP contribution in [0.4, 0.5) is 27.7 Å². The van der Waals surface area contributed by atoms with Gasteiger partial charge in [-0.05, 0) is 48.9 Å². The lowest BCUT2D eigenvalue weighted by atomic mass is 10.0. The molecule has 1 fully saturated rings. The van der Waals surface area contributed by atoms with Crippen LogP contribution in [0.2, 0.25) is 0 Å². The number of hydrogen-bond acceptors (Lipinski definition) is 6. The molecule has 1 aromatic heterocycles. The zero-order valence-corrected chi connectivity index (χ0v) is 22.8. The molecule has 1 unspecified atom stereocenters. The summed E-state index contributed by atoms with van der Waals surface area (Å²) >= 11 is 0. The Kier molecular flexibility index (Phi) is 6.95. The van der Waals surface area contributed by atoms with Crippen LogP contribution in [0.25, 0.3) is 22.4 Å². The van der Waals surface area contributed by atoms with Crippen molar-refractivity contribution in [1.82, 2.24) is 20.9 Å². The van der Waals surface area contributed by atoms with Gasteiger partial charge >= 0.3 is 6.03 Å². The van der Waals surface area contributed by atoms with E-state index in [0.29, 0.717) is 22.9 Å². The van der Waals surface area contributed by atoms with E-state index >= 15 is 0 Å². The predicted molar refractivity (Wildman–Crippen MR) is 167 cm³/mol. The number of rotatable bonds is 6. The van der Waals surface area contributed by atoms with Gasteiger partial charge in [0.25, 0.3) is 0 Å². The molecule has 1 atom stereocenters. The van der Waals surface area contributed by atoms with Gasteiger partial charge in [0.05, 0.1) is 11.4 Å². The Bertz CT molecular complexity index is 1760. The number of nitrogens with zero attached hydrogens (tertiary/aromatic N) is 4. The van der Waals surface area contributed by atoms with E-state index in [1.54, 1.807) is 6.07 Å². The van der Waals surface area contributed by atoms with Crippen molar-refractivity contribution in [2.75, 3.05) is 16.1 Å². The van der Waals surface area contributed by atoms with Crippen molar-refractivity contribution in [3.05, 3.63) is 121 Å². The molecule has 1 saturated heterocycles. The minimum atomic E-state index is -0.830. The molecule has 1 aliphatic rings. The van der Waals surface area contributed by atoms with Crippen LogP contribution in [-0.4, -0.2) is 22.2 Å². The van der Waals surface area contributed by atoms with Crippen molar-refractivity contribution in [1.29, 1.82) is 0 Å². The Morgan fingerprint density at radius 3 is 2.26 bits per heavy atom. The second kappa shape index (κ2) is 11.0. The third-order valence-electron chi connectivity index (χ3n) is 6.96. The first-order valence-electron chi connectivity index (χ1n) is 13.3. The maximum atomic E-state index is 13.3. The maximum Gasteiger partial charge on any atom is 0.338 e. The highest BCUT2D eigenvalue weighted by molar-refractivity contribution is 6.02. The molecule has 2 heterocycles. The molecule has 0 bridgehead atoms. The predicted octanol–water partition coefficient (Wildman–Crippen LogP) is 5.36. The van der Waals surface area contributed by atoms with Crippen LogP contribution in [-0.2, 0) is 5.66 Å². The Morgan fingerprint density at radius 2 is 1.52 bits per heavy atom. The molecular weight excluding hydrogens is 526 g/mol. The van der Waals surface area contributed by atoms with E-state index < -0.39 is 5.66 Å². The first-order valence-corrected chi connectivity index (χ1v) is 13.3. The zero-order chi connectivity index (χ0) is 29.1. The molecule has 42 heavy (non-hydrogen) atoms. The summed E-state index contributed by atoms with van der Waals surface area (Å²) in [5.41, 5.74) is 20.9. The van der Waals surface area contributed by atoms with Crippen LogP contribution in [0.15, 0.2) is 120 Å². The number of guanidine groups is 1. The molecule has 2 amide bonds. The third-order valence-corrected chi connectivity index (χ3v) is 6.96. The van der Waals surface area contributed by atoms with E-state index in [1.807, 2.05) is 116 Å². The summed E-state index contributed by atoms with van der Waals surface area (Å²) in [6.07, 6.45) is 0. The first-order chi connectivity index (χ1) is 20.4. The number of hydrazine groups is 1. The standard InChI is InChI=1S/C32H29N9O/c1-32(22-15-17-23(33)18-16-22)37-31(42)41(40-32)28-14-8-6-12-25(28)24-11-5-7-13-27(24)35-30(34)36-29-20-19-26(38-39-29)21-9-3-2-4-10-21/h2-20,40H,33H2,1H3,(H,37,42)(H3,34,35,36,39). The summed E-state index contributed by atoms with van der Waals surface area (Å²) in [4.78, 5) is 17.7. The minimum Gasteiger partial charge on any atom is -0.399 e. The van der Waals surface area contributed by atoms with Gasteiger partial charge in [-0.25, -0.2) is 9.80 Å². The lowest BCUT2D eigenvalue weighted by Crippen LogP contribution is -2.45. The fraction of sp³-hybridized carbons (Fsp3) is 0.0625. The number of aromatic nitrogens is 2. The zero-order valence-electron chi connectivity index (χ0n) is 22.8. The molecule has 0 saturated carbocycles. The molecule has 0 radical (unpaired) electrons. The highest BCUT2D eigenvalue weighted by Crippen LogP contribution is 2.37. The summed E-state index contributed by atoms with van der Waals surface area (Å²) < 4.78 is 0. The SMILES string of the molecule is CC1(c2ccc(N)cc2)NC(=O)N(c2ccccc2-c2ccccc2NC(N)=Nc2ccc(-c3ccccc3)nn2)N1. The highest BCUT2D eigenvalue weighted by atomic mass is 16.2. The van der Waals surface area contributed by atoms with Crippen LogP contribution in [0.1, 0.15) is 12.5 Å². The Hall–Kier alpha value is -5.74. The average Bonchev–Trinajstić information content (AvgIpc) is 3.33. The molecule has 0 aliphatic carbocycles. The van der Waals surface area contributed by atoms with Gasteiger partial charge in [-0.1, -0.05) is 78.9 Å². The number of nitrogens with one attached hydrogen (secondary N) is 3. The second-order valence-corrected chi connectivity index (χ2v) is 9.95. The largest absolute Gasteiger partial charge is 0.399 e. The van der Waals surface area contributed by atoms with Crippen molar-refractivity contribution in [3.63, 3.8) is 0 Å². The number of nitrogens with two attached hydrogens (primary N) is 2. The van der Waals surface area contributed by atoms with E-state index in [4.69, 9.17) is 11.5 Å². The average molecular weight is 556 g/mol. The monoisotopic (exact) mass is 555 g/mol. The smallest absolute Gasteiger partial charge is 0.338 e. The Balaban J connectivity index is 1.27. The van der Waals surface area contributed by atoms with Gasteiger partial charge in [0.2, 0.25) is 0 Å². The first kappa shape index (κ1) is 26.5. The number of carbonyl (C=O) groups is 1. The van der Waals surface area contributed by atoms with Crippen LogP contribution in [0.3, 0.4) is 0 Å². The molecule has 208 valence electrons. The number of aliphatic imine (C=N–C) groups is 1. The molecule has 5 aromatic rings. The van der Waals surface area contributed by atoms with E-state index in [1.165, 1.54) is 5.01 Å². The molecule has 10 nitrogen and oxygen atoms in total. The van der Waals surface area contributed by atoms with Gasteiger partial charge in [-0.15, -0.1) is 10.2 Å². The lowest BCUT2D eigenvalue weighted by Gasteiger charge is -2.26. The summed E-state index contributed by atoms with van der Waals surface area (Å²) in [5, 5.41) is 16.2. The van der Waals surface area contributed by atoms with Crippen molar-refractivity contribution >= 4 is 34.9 Å². The molecule has 10 heteroatoms. The van der Waals surface area contributed by atoms with Crippen LogP contribution in [0, 0.1) is 0 Å². The number of urea groups is 1. The fourth-order valence-electron chi connectivity index (χ4n) is 4.86. The van der Waals surface area contributed by atoms with Crippen molar-refractivity contribution < 1.29 is 4.79 Å². The number of benzene rings is 4. The lowest BCUT2D eigenvalue weighted by molar-refractivity contribution is 0.248. The molecule has 0 spiro atoms. The topological polar surface area (TPSA) is 147 Å². The van der Waals surface area contributed by atoms with Gasteiger partial charge in [-0.2, -0.15) is 10.4 Å². The summed E-state index contributed by atoms with van der Waals surface area (Å²) in [7, 11) is 0. The minimum absolute atomic E-state index is 0.148.